The number of anilines is 1. The summed E-state index contributed by atoms with van der Waals surface area (Å²) in [6.07, 6.45) is 1.87. The van der Waals surface area contributed by atoms with Crippen molar-refractivity contribution in [3.8, 4) is 0 Å². The maximum atomic E-state index is 13.9. The van der Waals surface area contributed by atoms with E-state index in [0.29, 0.717) is 28.2 Å². The number of aromatic nitrogens is 3. The summed E-state index contributed by atoms with van der Waals surface area (Å²) < 4.78 is 18.2. The van der Waals surface area contributed by atoms with Crippen LogP contribution in [0.1, 0.15) is 18.4 Å². The van der Waals surface area contributed by atoms with Crippen LogP contribution in [0.2, 0.25) is 5.02 Å². The molecule has 170 valence electrons. The summed E-state index contributed by atoms with van der Waals surface area (Å²) in [5.41, 5.74) is 6.84. The third-order valence-corrected chi connectivity index (χ3v) is 5.98. The van der Waals surface area contributed by atoms with Crippen LogP contribution in [-0.2, 0) is 20.6 Å². The van der Waals surface area contributed by atoms with Crippen molar-refractivity contribution in [2.24, 2.45) is 19.8 Å². The minimum atomic E-state index is -0.400. The van der Waals surface area contributed by atoms with Crippen molar-refractivity contribution < 1.29 is 9.87 Å². The number of benzene rings is 1. The average molecular weight is 474 g/mol. The Morgan fingerprint density at radius 2 is 1.90 bits per heavy atom. The van der Waals surface area contributed by atoms with Crippen LogP contribution in [0, 0.1) is 5.82 Å². The zero-order valence-corrected chi connectivity index (χ0v) is 18.8. The highest BCUT2D eigenvalue weighted by Gasteiger charge is 2.24. The number of nitrogens with zero attached hydrogens (tertiary/aromatic N) is 4. The first kappa shape index (κ1) is 24.9. The van der Waals surface area contributed by atoms with Crippen LogP contribution in [0.3, 0.4) is 0 Å². The van der Waals surface area contributed by atoms with Crippen molar-refractivity contribution in [2.45, 2.75) is 25.4 Å². The monoisotopic (exact) mass is 473 g/mol. The predicted molar refractivity (Wildman–Crippen MR) is 123 cm³/mol. The standard InChI is InChI=1S/C20H23ClFN5O2.ClH.H2O/c1-24-16-9-17(26-7-3-4-14(23)11-26)27(18(16)19(28)25(2)20(24)29)10-12-8-13(22)5-6-15(12)21;;/h5-6,8-9,14H,3-4,7,10-11,23H2,1-2H3;1H;1H2/t14-;;/m1../s1. The van der Waals surface area contributed by atoms with Crippen molar-refractivity contribution in [1.82, 2.24) is 13.7 Å². The predicted octanol–water partition coefficient (Wildman–Crippen LogP) is 1.40. The highest BCUT2D eigenvalue weighted by molar-refractivity contribution is 6.31. The molecule has 1 fully saturated rings. The van der Waals surface area contributed by atoms with Gasteiger partial charge in [0.25, 0.3) is 5.56 Å². The van der Waals surface area contributed by atoms with Gasteiger partial charge in [0.05, 0.1) is 12.1 Å². The van der Waals surface area contributed by atoms with Gasteiger partial charge in [-0.1, -0.05) is 11.6 Å². The number of fused-ring (bicyclic) bond motifs is 1. The van der Waals surface area contributed by atoms with Crippen LogP contribution < -0.4 is 21.9 Å². The fourth-order valence-electron chi connectivity index (χ4n) is 4.05. The summed E-state index contributed by atoms with van der Waals surface area (Å²) in [6, 6.07) is 6.03. The van der Waals surface area contributed by atoms with Crippen LogP contribution in [0.25, 0.3) is 11.0 Å². The molecule has 1 atom stereocenters. The van der Waals surface area contributed by atoms with E-state index in [1.165, 1.54) is 29.8 Å². The second kappa shape index (κ2) is 9.44. The molecule has 11 heteroatoms. The third kappa shape index (κ3) is 4.36. The molecule has 8 nitrogen and oxygen atoms in total. The van der Waals surface area contributed by atoms with E-state index in [1.54, 1.807) is 7.05 Å². The van der Waals surface area contributed by atoms with E-state index in [0.717, 1.165) is 29.8 Å². The van der Waals surface area contributed by atoms with E-state index >= 15 is 0 Å². The molecular formula is C20H26Cl2FN5O3. The van der Waals surface area contributed by atoms with Gasteiger partial charge in [0.2, 0.25) is 0 Å². The van der Waals surface area contributed by atoms with Crippen molar-refractivity contribution in [3.05, 3.63) is 61.5 Å². The lowest BCUT2D eigenvalue weighted by Crippen LogP contribution is -2.43. The molecule has 3 aromatic rings. The smallest absolute Gasteiger partial charge is 0.331 e. The molecule has 0 amide bonds. The van der Waals surface area contributed by atoms with Gasteiger partial charge in [-0.25, -0.2) is 9.18 Å². The zero-order valence-electron chi connectivity index (χ0n) is 17.3. The molecule has 31 heavy (non-hydrogen) atoms. The second-order valence-corrected chi connectivity index (χ2v) is 8.02. The van der Waals surface area contributed by atoms with Crippen LogP contribution in [0.5, 0.6) is 0 Å². The highest BCUT2D eigenvalue weighted by Crippen LogP contribution is 2.29. The Morgan fingerprint density at radius 3 is 2.58 bits per heavy atom. The summed E-state index contributed by atoms with van der Waals surface area (Å²) in [7, 11) is 3.09. The lowest BCUT2D eigenvalue weighted by molar-refractivity contribution is 0.498. The Hall–Kier alpha value is -2.33. The number of nitrogens with two attached hydrogens (primary N) is 1. The maximum Gasteiger partial charge on any atom is 0.331 e. The van der Waals surface area contributed by atoms with Gasteiger partial charge in [-0.3, -0.25) is 13.9 Å². The zero-order chi connectivity index (χ0) is 20.9. The topological polar surface area (TPSA) is 110 Å². The molecule has 0 unspecified atom stereocenters. The molecule has 4 rings (SSSR count). The molecule has 1 aliphatic rings. The molecule has 0 saturated carbocycles. The lowest BCUT2D eigenvalue weighted by atomic mass is 10.1. The number of hydrogen-bond donors (Lipinski definition) is 1. The minimum Gasteiger partial charge on any atom is -0.412 e. The summed E-state index contributed by atoms with van der Waals surface area (Å²) in [5, 5.41) is 0.413. The van der Waals surface area contributed by atoms with Crippen molar-refractivity contribution in [2.75, 3.05) is 18.0 Å². The van der Waals surface area contributed by atoms with E-state index in [2.05, 4.69) is 4.90 Å². The third-order valence-electron chi connectivity index (χ3n) is 5.62. The van der Waals surface area contributed by atoms with Gasteiger partial charge in [0, 0.05) is 44.3 Å². The molecule has 1 aromatic carbocycles. The molecule has 0 radical (unpaired) electrons. The summed E-state index contributed by atoms with van der Waals surface area (Å²) in [4.78, 5) is 27.5. The molecule has 0 spiro atoms. The minimum absolute atomic E-state index is 0. The Kier molecular flexibility index (Phi) is 7.59. The van der Waals surface area contributed by atoms with Gasteiger partial charge in [0.15, 0.2) is 0 Å². The van der Waals surface area contributed by atoms with Crippen molar-refractivity contribution in [3.63, 3.8) is 0 Å². The van der Waals surface area contributed by atoms with Gasteiger partial charge < -0.3 is 20.7 Å². The van der Waals surface area contributed by atoms with Gasteiger partial charge in [0.1, 0.15) is 17.2 Å². The maximum absolute atomic E-state index is 13.9. The number of aryl methyl sites for hydroxylation is 1. The van der Waals surface area contributed by atoms with Gasteiger partial charge >= 0.3 is 5.69 Å². The lowest BCUT2D eigenvalue weighted by Gasteiger charge is -2.33. The average Bonchev–Trinajstić information content (AvgIpc) is 3.07. The largest absolute Gasteiger partial charge is 0.412 e. The summed E-state index contributed by atoms with van der Waals surface area (Å²) in [5.74, 6) is 0.372. The van der Waals surface area contributed by atoms with E-state index < -0.39 is 17.1 Å². The van der Waals surface area contributed by atoms with Crippen LogP contribution in [-0.4, -0.2) is 38.3 Å². The number of rotatable bonds is 3. The summed E-state index contributed by atoms with van der Waals surface area (Å²) in [6.45, 7) is 1.63. The van der Waals surface area contributed by atoms with Crippen LogP contribution in [0.4, 0.5) is 10.2 Å². The van der Waals surface area contributed by atoms with Gasteiger partial charge in [-0.2, -0.15) is 0 Å². The van der Waals surface area contributed by atoms with Crippen LogP contribution >= 0.6 is 24.0 Å². The summed E-state index contributed by atoms with van der Waals surface area (Å²) >= 11 is 6.30. The SMILES string of the molecule is Cl.Cn1c(=O)c2c(cc(N3CCC[C@@H](N)C3)n2Cc2cc(F)ccc2Cl)n(C)c1=O.O. The number of halogens is 3. The molecular weight excluding hydrogens is 448 g/mol. The van der Waals surface area contributed by atoms with E-state index in [4.69, 9.17) is 17.3 Å². The molecule has 2 aromatic heterocycles. The fourth-order valence-corrected chi connectivity index (χ4v) is 4.23. The molecule has 0 aliphatic carbocycles. The Labute approximate surface area is 189 Å². The van der Waals surface area contributed by atoms with Crippen LogP contribution in [0.15, 0.2) is 33.9 Å². The first-order valence-corrected chi connectivity index (χ1v) is 9.89. The normalized spacial score (nSPS) is 16.2. The fraction of sp³-hybridized carbons (Fsp3) is 0.400. The van der Waals surface area contributed by atoms with E-state index in [1.807, 2.05) is 10.6 Å². The first-order chi connectivity index (χ1) is 13.8. The molecule has 3 heterocycles. The highest BCUT2D eigenvalue weighted by atomic mass is 35.5. The quantitative estimate of drug-likeness (QED) is 0.619. The molecule has 1 aliphatic heterocycles. The van der Waals surface area contributed by atoms with Crippen molar-refractivity contribution in [1.29, 1.82) is 0 Å². The van der Waals surface area contributed by atoms with Crippen molar-refractivity contribution >= 4 is 40.9 Å². The second-order valence-electron chi connectivity index (χ2n) is 7.61. The Balaban J connectivity index is 0.00000171. The van der Waals surface area contributed by atoms with Gasteiger partial charge in [-0.05, 0) is 36.6 Å². The molecule has 0 bridgehead atoms. The first-order valence-electron chi connectivity index (χ1n) is 9.51. The number of hydrogen-bond acceptors (Lipinski definition) is 4. The number of piperidine rings is 1. The Morgan fingerprint density at radius 1 is 1.19 bits per heavy atom. The van der Waals surface area contributed by atoms with Gasteiger partial charge in [-0.15, -0.1) is 12.4 Å². The Bertz CT molecular complexity index is 1220. The molecule has 1 saturated heterocycles. The van der Waals surface area contributed by atoms with E-state index in [-0.39, 0.29) is 30.5 Å². The van der Waals surface area contributed by atoms with E-state index in [9.17, 15) is 14.0 Å². The molecule has 4 N–H and O–H groups in total.